The summed E-state index contributed by atoms with van der Waals surface area (Å²) in [6, 6.07) is 7.73. The van der Waals surface area contributed by atoms with Gasteiger partial charge in [-0.1, -0.05) is 12.1 Å². The third kappa shape index (κ3) is 5.23. The number of morpholine rings is 1. The molecule has 1 amide bonds. The number of carbonyl (C=O) groups excluding carboxylic acids is 1. The molecule has 124 valence electrons. The Balaban J connectivity index is 1.45. The SMILES string of the molecule is O=C(CN1CCOCC1)N/N=C/c1cccc(OC2CSC2)c1. The molecule has 1 aromatic rings. The van der Waals surface area contributed by atoms with E-state index in [9.17, 15) is 4.79 Å². The molecule has 0 spiro atoms. The van der Waals surface area contributed by atoms with Crippen molar-refractivity contribution in [1.29, 1.82) is 0 Å². The number of hydrogen-bond donors (Lipinski definition) is 1. The molecule has 0 bridgehead atoms. The van der Waals surface area contributed by atoms with E-state index < -0.39 is 0 Å². The summed E-state index contributed by atoms with van der Waals surface area (Å²) in [7, 11) is 0. The lowest BCUT2D eigenvalue weighted by Crippen LogP contribution is -2.42. The van der Waals surface area contributed by atoms with Gasteiger partial charge in [-0.15, -0.1) is 0 Å². The number of thioether (sulfide) groups is 1. The number of rotatable bonds is 6. The Hall–Kier alpha value is -1.57. The molecule has 7 heteroatoms. The largest absolute Gasteiger partial charge is 0.489 e. The standard InChI is InChI=1S/C16H21N3O3S/c20-16(10-19-4-6-21-7-5-19)18-17-9-13-2-1-3-14(8-13)22-15-11-23-12-15/h1-3,8-9,15H,4-7,10-12H2,(H,18,20)/b17-9+. The highest BCUT2D eigenvalue weighted by atomic mass is 32.2. The van der Waals surface area contributed by atoms with Crippen molar-refractivity contribution in [2.24, 2.45) is 5.10 Å². The fourth-order valence-electron chi connectivity index (χ4n) is 2.32. The topological polar surface area (TPSA) is 63.2 Å². The normalized spacial score (nSPS) is 19.5. The molecule has 2 aliphatic rings. The van der Waals surface area contributed by atoms with Crippen molar-refractivity contribution in [2.45, 2.75) is 6.10 Å². The van der Waals surface area contributed by atoms with Crippen molar-refractivity contribution >= 4 is 23.9 Å². The van der Waals surface area contributed by atoms with Gasteiger partial charge in [-0.25, -0.2) is 5.43 Å². The highest BCUT2D eigenvalue weighted by Gasteiger charge is 2.19. The van der Waals surface area contributed by atoms with Gasteiger partial charge in [0, 0.05) is 24.6 Å². The Morgan fingerprint density at radius 3 is 3.00 bits per heavy atom. The molecule has 0 saturated carbocycles. The molecule has 23 heavy (non-hydrogen) atoms. The van der Waals surface area contributed by atoms with E-state index in [2.05, 4.69) is 15.4 Å². The number of ether oxygens (including phenoxy) is 2. The third-order valence-corrected chi connectivity index (χ3v) is 4.86. The van der Waals surface area contributed by atoms with Gasteiger partial charge < -0.3 is 9.47 Å². The first kappa shape index (κ1) is 16.3. The van der Waals surface area contributed by atoms with Crippen LogP contribution in [0.5, 0.6) is 5.75 Å². The number of nitrogens with zero attached hydrogens (tertiary/aromatic N) is 2. The second-order valence-electron chi connectivity index (χ2n) is 5.53. The van der Waals surface area contributed by atoms with Crippen LogP contribution in [0.15, 0.2) is 29.4 Å². The summed E-state index contributed by atoms with van der Waals surface area (Å²) in [6.07, 6.45) is 1.96. The Morgan fingerprint density at radius 1 is 1.43 bits per heavy atom. The first-order valence-electron chi connectivity index (χ1n) is 7.76. The van der Waals surface area contributed by atoms with E-state index in [1.165, 1.54) is 0 Å². The molecule has 0 radical (unpaired) electrons. The molecule has 1 aromatic carbocycles. The van der Waals surface area contributed by atoms with Crippen LogP contribution in [0.2, 0.25) is 0 Å². The second kappa shape index (κ2) is 8.33. The quantitative estimate of drug-likeness (QED) is 0.620. The van der Waals surface area contributed by atoms with Crippen LogP contribution >= 0.6 is 11.8 Å². The first-order valence-corrected chi connectivity index (χ1v) is 8.91. The average molecular weight is 335 g/mol. The predicted octanol–water partition coefficient (Wildman–Crippen LogP) is 0.963. The lowest BCUT2D eigenvalue weighted by Gasteiger charge is -2.25. The molecule has 2 saturated heterocycles. The molecule has 1 N–H and O–H groups in total. The van der Waals surface area contributed by atoms with Gasteiger partial charge in [-0.05, 0) is 17.7 Å². The van der Waals surface area contributed by atoms with E-state index in [0.29, 0.717) is 25.9 Å². The maximum Gasteiger partial charge on any atom is 0.254 e. The minimum Gasteiger partial charge on any atom is -0.489 e. The van der Waals surface area contributed by atoms with Crippen molar-refractivity contribution in [1.82, 2.24) is 10.3 Å². The summed E-state index contributed by atoms with van der Waals surface area (Å²) in [5, 5.41) is 4.02. The van der Waals surface area contributed by atoms with Crippen molar-refractivity contribution in [3.05, 3.63) is 29.8 Å². The molecule has 0 aliphatic carbocycles. The maximum absolute atomic E-state index is 11.8. The summed E-state index contributed by atoms with van der Waals surface area (Å²) >= 11 is 1.89. The smallest absolute Gasteiger partial charge is 0.254 e. The van der Waals surface area contributed by atoms with Gasteiger partial charge in [0.1, 0.15) is 11.9 Å². The minimum atomic E-state index is -0.109. The monoisotopic (exact) mass is 335 g/mol. The summed E-state index contributed by atoms with van der Waals surface area (Å²) in [4.78, 5) is 13.9. The Kier molecular flexibility index (Phi) is 5.90. The van der Waals surface area contributed by atoms with Crippen molar-refractivity contribution in [3.8, 4) is 5.75 Å². The van der Waals surface area contributed by atoms with Gasteiger partial charge in [-0.2, -0.15) is 16.9 Å². The van der Waals surface area contributed by atoms with E-state index in [0.717, 1.165) is 35.9 Å². The second-order valence-corrected chi connectivity index (χ2v) is 6.61. The van der Waals surface area contributed by atoms with Crippen LogP contribution < -0.4 is 10.2 Å². The average Bonchev–Trinajstić information content (AvgIpc) is 2.52. The van der Waals surface area contributed by atoms with E-state index in [1.54, 1.807) is 6.21 Å². The van der Waals surface area contributed by atoms with Crippen molar-refractivity contribution < 1.29 is 14.3 Å². The zero-order valence-corrected chi connectivity index (χ0v) is 13.8. The summed E-state index contributed by atoms with van der Waals surface area (Å²) in [6.45, 7) is 3.29. The minimum absolute atomic E-state index is 0.109. The highest BCUT2D eigenvalue weighted by molar-refractivity contribution is 8.00. The van der Waals surface area contributed by atoms with Crippen LogP contribution in [0.25, 0.3) is 0 Å². The van der Waals surface area contributed by atoms with Crippen LogP contribution in [0.3, 0.4) is 0 Å². The van der Waals surface area contributed by atoms with Gasteiger partial charge in [0.05, 0.1) is 26.0 Å². The lowest BCUT2D eigenvalue weighted by atomic mass is 10.2. The summed E-state index contributed by atoms with van der Waals surface area (Å²) in [5.74, 6) is 2.84. The zero-order valence-electron chi connectivity index (χ0n) is 12.9. The first-order chi connectivity index (χ1) is 11.3. The van der Waals surface area contributed by atoms with Gasteiger partial charge in [0.15, 0.2) is 0 Å². The van der Waals surface area contributed by atoms with Gasteiger partial charge in [0.25, 0.3) is 5.91 Å². The molecule has 3 rings (SSSR count). The fraction of sp³-hybridized carbons (Fsp3) is 0.500. The highest BCUT2D eigenvalue weighted by Crippen LogP contribution is 2.24. The molecule has 2 heterocycles. The lowest BCUT2D eigenvalue weighted by molar-refractivity contribution is -0.123. The number of hydrazone groups is 1. The van der Waals surface area contributed by atoms with Crippen LogP contribution in [0, 0.1) is 0 Å². The zero-order chi connectivity index (χ0) is 15.9. The maximum atomic E-state index is 11.8. The number of amides is 1. The summed E-state index contributed by atoms with van der Waals surface area (Å²) in [5.41, 5.74) is 3.47. The Bertz CT molecular complexity index is 557. The van der Waals surface area contributed by atoms with Crippen molar-refractivity contribution in [2.75, 3.05) is 44.4 Å². The van der Waals surface area contributed by atoms with Crippen LogP contribution in [0.1, 0.15) is 5.56 Å². The Labute approximate surface area is 140 Å². The molecule has 2 fully saturated rings. The number of hydrogen-bond acceptors (Lipinski definition) is 6. The van der Waals surface area contributed by atoms with Crippen LogP contribution in [-0.4, -0.2) is 67.5 Å². The van der Waals surface area contributed by atoms with Gasteiger partial charge in [-0.3, -0.25) is 9.69 Å². The number of nitrogens with one attached hydrogen (secondary N) is 1. The van der Waals surface area contributed by atoms with Crippen LogP contribution in [-0.2, 0) is 9.53 Å². The molecule has 0 atom stereocenters. The molecule has 2 aliphatic heterocycles. The molecule has 6 nitrogen and oxygen atoms in total. The van der Waals surface area contributed by atoms with E-state index in [-0.39, 0.29) is 5.91 Å². The van der Waals surface area contributed by atoms with E-state index in [4.69, 9.17) is 9.47 Å². The molecule has 0 aromatic heterocycles. The van der Waals surface area contributed by atoms with Crippen LogP contribution in [0.4, 0.5) is 0 Å². The van der Waals surface area contributed by atoms with E-state index in [1.807, 2.05) is 36.0 Å². The van der Waals surface area contributed by atoms with Gasteiger partial charge in [0.2, 0.25) is 0 Å². The number of benzene rings is 1. The molecule has 0 unspecified atom stereocenters. The number of carbonyl (C=O) groups is 1. The van der Waals surface area contributed by atoms with Crippen molar-refractivity contribution in [3.63, 3.8) is 0 Å². The van der Waals surface area contributed by atoms with Gasteiger partial charge >= 0.3 is 0 Å². The fourth-order valence-corrected chi connectivity index (χ4v) is 2.88. The molecular weight excluding hydrogens is 314 g/mol. The third-order valence-electron chi connectivity index (χ3n) is 3.64. The molecular formula is C16H21N3O3S. The Morgan fingerprint density at radius 2 is 2.26 bits per heavy atom. The predicted molar refractivity (Wildman–Crippen MR) is 91.2 cm³/mol. The van der Waals surface area contributed by atoms with E-state index >= 15 is 0 Å². The summed E-state index contributed by atoms with van der Waals surface area (Å²) < 4.78 is 11.1.